The van der Waals surface area contributed by atoms with Crippen molar-refractivity contribution in [1.82, 2.24) is 0 Å². The number of hydrogen-bond donors (Lipinski definition) is 1. The maximum Gasteiger partial charge on any atom is 0.404 e. The van der Waals surface area contributed by atoms with Crippen LogP contribution in [0.4, 0.5) is 4.79 Å². The van der Waals surface area contributed by atoms with E-state index < -0.39 is 11.5 Å². The van der Waals surface area contributed by atoms with Crippen LogP contribution in [0.3, 0.4) is 0 Å². The average molecular weight is 461 g/mol. The molecule has 6 heteroatoms. The van der Waals surface area contributed by atoms with Gasteiger partial charge >= 0.3 is 6.09 Å². The molecule has 0 radical (unpaired) electrons. The highest BCUT2D eigenvalue weighted by molar-refractivity contribution is 14.1. The van der Waals surface area contributed by atoms with Gasteiger partial charge in [-0.25, -0.2) is 4.79 Å². The van der Waals surface area contributed by atoms with Crippen LogP contribution in [-0.4, -0.2) is 32.2 Å². The second kappa shape index (κ2) is 9.73. The molecule has 0 aliphatic heterocycles. The first-order chi connectivity index (χ1) is 12.1. The van der Waals surface area contributed by atoms with Crippen molar-refractivity contribution in [3.63, 3.8) is 0 Å². The molecule has 1 aliphatic carbocycles. The Balaban J connectivity index is 2.55. The number of halogens is 1. The first-order valence-corrected chi connectivity index (χ1v) is 9.95. The maximum atomic E-state index is 11.6. The highest BCUT2D eigenvalue weighted by atomic mass is 127. The Labute approximate surface area is 163 Å². The summed E-state index contributed by atoms with van der Waals surface area (Å²) in [5.41, 5.74) is 6.18. The molecule has 2 rings (SSSR count). The quantitative estimate of drug-likeness (QED) is 0.462. The Morgan fingerprint density at radius 1 is 1.40 bits per heavy atom. The summed E-state index contributed by atoms with van der Waals surface area (Å²) in [6.07, 6.45) is 4.52. The Bertz CT molecular complexity index is 568. The molecule has 25 heavy (non-hydrogen) atoms. The zero-order valence-corrected chi connectivity index (χ0v) is 17.2. The van der Waals surface area contributed by atoms with E-state index in [0.29, 0.717) is 0 Å². The molecule has 0 aromatic heterocycles. The lowest BCUT2D eigenvalue weighted by Gasteiger charge is -2.48. The lowest BCUT2D eigenvalue weighted by molar-refractivity contribution is -0.134. The monoisotopic (exact) mass is 461 g/mol. The van der Waals surface area contributed by atoms with Gasteiger partial charge in [-0.05, 0) is 59.9 Å². The number of rotatable bonds is 8. The minimum Gasteiger partial charge on any atom is -0.445 e. The van der Waals surface area contributed by atoms with Crippen molar-refractivity contribution in [2.45, 2.75) is 63.1 Å². The maximum absolute atomic E-state index is 11.6. The van der Waals surface area contributed by atoms with Crippen LogP contribution in [0.25, 0.3) is 0 Å². The van der Waals surface area contributed by atoms with E-state index in [1.54, 1.807) is 7.11 Å². The van der Waals surface area contributed by atoms with E-state index in [1.165, 1.54) is 5.56 Å². The molecule has 5 nitrogen and oxygen atoms in total. The van der Waals surface area contributed by atoms with E-state index in [4.69, 9.17) is 19.9 Å². The number of primary amides is 1. The summed E-state index contributed by atoms with van der Waals surface area (Å²) in [5.74, 6) is 0. The van der Waals surface area contributed by atoms with Crippen LogP contribution in [0.15, 0.2) is 24.3 Å². The molecule has 0 saturated heterocycles. The number of benzene rings is 1. The van der Waals surface area contributed by atoms with E-state index >= 15 is 0 Å². The predicted octanol–water partition coefficient (Wildman–Crippen LogP) is 4.36. The van der Waals surface area contributed by atoms with Crippen molar-refractivity contribution < 1.29 is 19.0 Å². The van der Waals surface area contributed by atoms with Crippen molar-refractivity contribution in [2.75, 3.05) is 13.9 Å². The number of methoxy groups -OCH3 is 1. The normalized spacial score (nSPS) is 24.7. The number of amides is 1. The molecule has 1 saturated carbocycles. The molecule has 2 N–H and O–H groups in total. The molecule has 1 fully saturated rings. The molecule has 0 spiro atoms. The summed E-state index contributed by atoms with van der Waals surface area (Å²) >= 11 is 2.36. The molecule has 0 bridgehead atoms. The van der Waals surface area contributed by atoms with Crippen LogP contribution >= 0.6 is 22.6 Å². The van der Waals surface area contributed by atoms with Gasteiger partial charge in [-0.2, -0.15) is 0 Å². The van der Waals surface area contributed by atoms with Crippen LogP contribution in [0.2, 0.25) is 0 Å². The van der Waals surface area contributed by atoms with Gasteiger partial charge in [0.15, 0.2) is 0 Å². The van der Waals surface area contributed by atoms with Crippen molar-refractivity contribution in [2.24, 2.45) is 5.73 Å². The van der Waals surface area contributed by atoms with Gasteiger partial charge in [-0.15, -0.1) is 0 Å². The first-order valence-electron chi connectivity index (χ1n) is 8.87. The molecule has 1 unspecified atom stereocenters. The fourth-order valence-electron chi connectivity index (χ4n) is 4.06. The third-order valence-electron chi connectivity index (χ3n) is 5.03. The highest BCUT2D eigenvalue weighted by Crippen LogP contribution is 2.47. The van der Waals surface area contributed by atoms with Crippen LogP contribution < -0.4 is 5.73 Å². The Morgan fingerprint density at radius 2 is 2.16 bits per heavy atom. The smallest absolute Gasteiger partial charge is 0.404 e. The molecule has 1 aromatic rings. The zero-order valence-electron chi connectivity index (χ0n) is 15.0. The van der Waals surface area contributed by atoms with E-state index in [9.17, 15) is 4.79 Å². The van der Waals surface area contributed by atoms with Gasteiger partial charge in [-0.1, -0.05) is 38.0 Å². The Kier molecular flexibility index (Phi) is 7.96. The standard InChI is InChI=1S/C19H28INO4/c1-3-8-16(24-13-23-2)19(14-9-4-5-10-15(14)20)12-7-6-11-17(19)25-18(21)22/h4-5,9-10,16-17H,3,6-8,11-13H2,1-2H3,(H2,21,22)/t16?,17-,19-/m0/s1. The third kappa shape index (κ3) is 4.65. The summed E-state index contributed by atoms with van der Waals surface area (Å²) in [7, 11) is 1.63. The first kappa shape index (κ1) is 20.5. The van der Waals surface area contributed by atoms with Crippen LogP contribution in [0.5, 0.6) is 0 Å². The van der Waals surface area contributed by atoms with Gasteiger partial charge in [-0.3, -0.25) is 0 Å². The number of nitrogens with two attached hydrogens (primary N) is 1. The largest absolute Gasteiger partial charge is 0.445 e. The summed E-state index contributed by atoms with van der Waals surface area (Å²) in [6, 6.07) is 8.28. The summed E-state index contributed by atoms with van der Waals surface area (Å²) < 4.78 is 18.1. The molecule has 1 aliphatic rings. The fourth-order valence-corrected chi connectivity index (χ4v) is 4.95. The zero-order chi connectivity index (χ0) is 18.3. The summed E-state index contributed by atoms with van der Waals surface area (Å²) in [5, 5.41) is 0. The number of carbonyl (C=O) groups excluding carboxylic acids is 1. The van der Waals surface area contributed by atoms with Gasteiger partial charge in [0.25, 0.3) is 0 Å². The van der Waals surface area contributed by atoms with Crippen molar-refractivity contribution in [3.05, 3.63) is 33.4 Å². The van der Waals surface area contributed by atoms with E-state index in [2.05, 4.69) is 41.6 Å². The molecule has 1 amide bonds. The highest BCUT2D eigenvalue weighted by Gasteiger charge is 2.51. The van der Waals surface area contributed by atoms with E-state index in [0.717, 1.165) is 42.1 Å². The molecule has 1 aromatic carbocycles. The van der Waals surface area contributed by atoms with Crippen LogP contribution in [-0.2, 0) is 19.6 Å². The van der Waals surface area contributed by atoms with Gasteiger partial charge < -0.3 is 19.9 Å². The SMILES string of the molecule is CCCC(OCOC)[C@@]1(c2ccccc2I)CCCC[C@@H]1OC(N)=O. The minimum atomic E-state index is -0.718. The second-order valence-electron chi connectivity index (χ2n) is 6.54. The minimum absolute atomic E-state index is 0.0991. The van der Waals surface area contributed by atoms with Gasteiger partial charge in [0, 0.05) is 10.7 Å². The van der Waals surface area contributed by atoms with Crippen molar-refractivity contribution in [1.29, 1.82) is 0 Å². The van der Waals surface area contributed by atoms with Crippen LogP contribution in [0.1, 0.15) is 51.0 Å². The summed E-state index contributed by atoms with van der Waals surface area (Å²) in [6.45, 7) is 2.36. The lowest BCUT2D eigenvalue weighted by Crippen LogP contribution is -2.54. The predicted molar refractivity (Wildman–Crippen MR) is 105 cm³/mol. The van der Waals surface area contributed by atoms with Gasteiger partial charge in [0.2, 0.25) is 0 Å². The second-order valence-corrected chi connectivity index (χ2v) is 7.70. The topological polar surface area (TPSA) is 70.8 Å². The lowest BCUT2D eigenvalue weighted by atomic mass is 9.63. The van der Waals surface area contributed by atoms with Gasteiger partial charge in [0.1, 0.15) is 12.9 Å². The molecular weight excluding hydrogens is 433 g/mol. The van der Waals surface area contributed by atoms with Crippen molar-refractivity contribution >= 4 is 28.7 Å². The number of hydrogen-bond acceptors (Lipinski definition) is 4. The van der Waals surface area contributed by atoms with Crippen molar-refractivity contribution in [3.8, 4) is 0 Å². The van der Waals surface area contributed by atoms with E-state index in [-0.39, 0.29) is 19.0 Å². The molecular formula is C19H28INO4. The van der Waals surface area contributed by atoms with E-state index in [1.807, 2.05) is 12.1 Å². The van der Waals surface area contributed by atoms with Gasteiger partial charge in [0.05, 0.1) is 11.5 Å². The fraction of sp³-hybridized carbons (Fsp3) is 0.632. The third-order valence-corrected chi connectivity index (χ3v) is 5.97. The molecule has 0 heterocycles. The number of ether oxygens (including phenoxy) is 3. The molecule has 140 valence electrons. The molecule has 3 atom stereocenters. The Morgan fingerprint density at radius 3 is 2.80 bits per heavy atom. The number of carbonyl (C=O) groups is 1. The van der Waals surface area contributed by atoms with Crippen LogP contribution in [0, 0.1) is 3.57 Å². The Hall–Kier alpha value is -0.860. The summed E-state index contributed by atoms with van der Waals surface area (Å²) in [4.78, 5) is 11.6. The average Bonchev–Trinajstić information content (AvgIpc) is 2.59.